The van der Waals surface area contributed by atoms with Gasteiger partial charge in [0.05, 0.1) is 6.42 Å². The van der Waals surface area contributed by atoms with E-state index >= 15 is 0 Å². The Morgan fingerprint density at radius 3 is 2.22 bits per heavy atom. The molecule has 0 saturated carbocycles. The van der Waals surface area contributed by atoms with Crippen molar-refractivity contribution in [2.75, 3.05) is 26.2 Å². The second-order valence-corrected chi connectivity index (χ2v) is 8.42. The molecule has 1 aromatic heterocycles. The minimum Gasteiger partial charge on any atom is -0.342 e. The molecule has 0 aliphatic carbocycles. The number of rotatable bonds is 5. The van der Waals surface area contributed by atoms with Gasteiger partial charge in [-0.05, 0) is 39.0 Å². The summed E-state index contributed by atoms with van der Waals surface area (Å²) in [5.74, 6) is 1.81. The molecule has 0 spiro atoms. The fourth-order valence-electron chi connectivity index (χ4n) is 4.11. The van der Waals surface area contributed by atoms with Crippen LogP contribution in [-0.2, 0) is 16.0 Å². The van der Waals surface area contributed by atoms with Crippen LogP contribution in [0.1, 0.15) is 68.2 Å². The van der Waals surface area contributed by atoms with Crippen molar-refractivity contribution in [1.29, 1.82) is 0 Å². The maximum absolute atomic E-state index is 12.5. The van der Waals surface area contributed by atoms with Gasteiger partial charge < -0.3 is 9.80 Å². The van der Waals surface area contributed by atoms with Crippen LogP contribution >= 0.6 is 0 Å². The van der Waals surface area contributed by atoms with Crippen molar-refractivity contribution in [3.8, 4) is 0 Å². The van der Waals surface area contributed by atoms with Gasteiger partial charge in [-0.15, -0.1) is 0 Å². The highest BCUT2D eigenvalue weighted by atomic mass is 16.2. The number of amides is 2. The fraction of sp³-hybridized carbons (Fsp3) is 0.714. The molecule has 1 unspecified atom stereocenters. The molecule has 1 aromatic rings. The second kappa shape index (κ2) is 8.36. The van der Waals surface area contributed by atoms with E-state index in [1.54, 1.807) is 0 Å². The maximum Gasteiger partial charge on any atom is 0.227 e. The quantitative estimate of drug-likeness (QED) is 0.797. The Hall–Kier alpha value is -1.98. The van der Waals surface area contributed by atoms with Crippen LogP contribution in [0.3, 0.4) is 0 Å². The van der Waals surface area contributed by atoms with Gasteiger partial charge in [0.15, 0.2) is 0 Å². The Bertz CT molecular complexity index is 687. The number of hydrogen-bond donors (Lipinski definition) is 0. The van der Waals surface area contributed by atoms with Gasteiger partial charge >= 0.3 is 0 Å². The van der Waals surface area contributed by atoms with Crippen LogP contribution in [0.25, 0.3) is 0 Å². The highest BCUT2D eigenvalue weighted by molar-refractivity contribution is 5.79. The molecule has 6 nitrogen and oxygen atoms in total. The molecule has 2 aliphatic heterocycles. The first-order valence-corrected chi connectivity index (χ1v) is 10.2. The molecular weight excluding hydrogens is 340 g/mol. The molecule has 0 radical (unpaired) electrons. The Morgan fingerprint density at radius 2 is 1.63 bits per heavy atom. The molecule has 2 saturated heterocycles. The van der Waals surface area contributed by atoms with E-state index in [9.17, 15) is 9.59 Å². The summed E-state index contributed by atoms with van der Waals surface area (Å²) >= 11 is 0. The van der Waals surface area contributed by atoms with Crippen molar-refractivity contribution in [3.05, 3.63) is 22.8 Å². The SMILES string of the molecule is Cc1nc(C2CCN(C(=O)CC(C)C)C2)nc(C)c1CC(=O)N1CCCC1. The Balaban J connectivity index is 1.68. The third kappa shape index (κ3) is 4.66. The highest BCUT2D eigenvalue weighted by Gasteiger charge is 2.30. The van der Waals surface area contributed by atoms with Crippen molar-refractivity contribution >= 4 is 11.8 Å². The Morgan fingerprint density at radius 1 is 1.00 bits per heavy atom. The second-order valence-electron chi connectivity index (χ2n) is 8.42. The van der Waals surface area contributed by atoms with Crippen molar-refractivity contribution in [2.24, 2.45) is 5.92 Å². The van der Waals surface area contributed by atoms with Gasteiger partial charge in [0, 0.05) is 55.5 Å². The lowest BCUT2D eigenvalue weighted by atomic mass is 10.0. The molecule has 148 valence electrons. The van der Waals surface area contributed by atoms with Crippen molar-refractivity contribution in [2.45, 2.75) is 65.7 Å². The number of likely N-dealkylation sites (tertiary alicyclic amines) is 2. The van der Waals surface area contributed by atoms with Gasteiger partial charge in [-0.2, -0.15) is 0 Å². The topological polar surface area (TPSA) is 66.4 Å². The molecule has 0 aromatic carbocycles. The van der Waals surface area contributed by atoms with Crippen molar-refractivity contribution in [1.82, 2.24) is 19.8 Å². The largest absolute Gasteiger partial charge is 0.342 e. The van der Waals surface area contributed by atoms with Crippen LogP contribution in [0.2, 0.25) is 0 Å². The lowest BCUT2D eigenvalue weighted by Crippen LogP contribution is -2.30. The number of nitrogens with zero attached hydrogens (tertiary/aromatic N) is 4. The van der Waals surface area contributed by atoms with Crippen molar-refractivity contribution < 1.29 is 9.59 Å². The lowest BCUT2D eigenvalue weighted by Gasteiger charge is -2.19. The van der Waals surface area contributed by atoms with E-state index in [1.807, 2.05) is 23.6 Å². The van der Waals surface area contributed by atoms with E-state index in [0.29, 0.717) is 25.3 Å². The monoisotopic (exact) mass is 372 g/mol. The fourth-order valence-corrected chi connectivity index (χ4v) is 4.11. The number of carbonyl (C=O) groups is 2. The van der Waals surface area contributed by atoms with E-state index in [4.69, 9.17) is 9.97 Å². The van der Waals surface area contributed by atoms with Crippen LogP contribution in [-0.4, -0.2) is 57.8 Å². The molecule has 27 heavy (non-hydrogen) atoms. The molecule has 2 fully saturated rings. The molecule has 3 heterocycles. The lowest BCUT2D eigenvalue weighted by molar-refractivity contribution is -0.131. The van der Waals surface area contributed by atoms with E-state index in [1.165, 1.54) is 0 Å². The summed E-state index contributed by atoms with van der Waals surface area (Å²) < 4.78 is 0. The summed E-state index contributed by atoms with van der Waals surface area (Å²) in [5.41, 5.74) is 2.76. The average molecular weight is 373 g/mol. The van der Waals surface area contributed by atoms with Gasteiger partial charge in [0.2, 0.25) is 11.8 Å². The minimum absolute atomic E-state index is 0.182. The van der Waals surface area contributed by atoms with Gasteiger partial charge in [0.25, 0.3) is 0 Å². The van der Waals surface area contributed by atoms with Gasteiger partial charge in [0.1, 0.15) is 5.82 Å². The summed E-state index contributed by atoms with van der Waals surface area (Å²) in [7, 11) is 0. The van der Waals surface area contributed by atoms with Crippen LogP contribution in [0.4, 0.5) is 0 Å². The standard InChI is InChI=1S/C21H32N4O2/c1-14(2)11-19(26)25-10-7-17(13-25)21-22-15(3)18(16(4)23-21)12-20(27)24-8-5-6-9-24/h14,17H,5-13H2,1-4H3. The zero-order valence-corrected chi connectivity index (χ0v) is 17.1. The first kappa shape index (κ1) is 19.8. The third-order valence-electron chi connectivity index (χ3n) is 5.71. The van der Waals surface area contributed by atoms with Crippen LogP contribution in [0, 0.1) is 19.8 Å². The minimum atomic E-state index is 0.182. The number of aryl methyl sites for hydroxylation is 2. The van der Waals surface area contributed by atoms with E-state index < -0.39 is 0 Å². The molecular formula is C21H32N4O2. The zero-order chi connectivity index (χ0) is 19.6. The van der Waals surface area contributed by atoms with Crippen LogP contribution in [0.5, 0.6) is 0 Å². The molecule has 0 bridgehead atoms. The first-order chi connectivity index (χ1) is 12.8. The Kier molecular flexibility index (Phi) is 6.12. The highest BCUT2D eigenvalue weighted by Crippen LogP contribution is 2.27. The zero-order valence-electron chi connectivity index (χ0n) is 17.1. The number of aromatic nitrogens is 2. The first-order valence-electron chi connectivity index (χ1n) is 10.2. The summed E-state index contributed by atoms with van der Waals surface area (Å²) in [6.45, 7) is 11.3. The summed E-state index contributed by atoms with van der Waals surface area (Å²) in [6.07, 6.45) is 4.11. The van der Waals surface area contributed by atoms with Gasteiger partial charge in [-0.3, -0.25) is 9.59 Å². The molecule has 0 N–H and O–H groups in total. The van der Waals surface area contributed by atoms with Gasteiger partial charge in [-0.25, -0.2) is 9.97 Å². The summed E-state index contributed by atoms with van der Waals surface area (Å²) in [5, 5.41) is 0. The molecule has 2 amide bonds. The predicted molar refractivity (Wildman–Crippen MR) is 104 cm³/mol. The summed E-state index contributed by atoms with van der Waals surface area (Å²) in [4.78, 5) is 38.2. The normalized spacial score (nSPS) is 20.0. The smallest absolute Gasteiger partial charge is 0.227 e. The van der Waals surface area contributed by atoms with Crippen LogP contribution in [0.15, 0.2) is 0 Å². The van der Waals surface area contributed by atoms with E-state index in [0.717, 1.165) is 61.7 Å². The molecule has 6 heteroatoms. The maximum atomic E-state index is 12.5. The Labute approximate surface area is 162 Å². The molecule has 3 rings (SSSR count). The molecule has 2 aliphatic rings. The van der Waals surface area contributed by atoms with E-state index in [-0.39, 0.29) is 17.7 Å². The average Bonchev–Trinajstić information content (AvgIpc) is 3.28. The van der Waals surface area contributed by atoms with Crippen molar-refractivity contribution in [3.63, 3.8) is 0 Å². The van der Waals surface area contributed by atoms with Gasteiger partial charge in [-0.1, -0.05) is 13.8 Å². The van der Waals surface area contributed by atoms with Crippen LogP contribution < -0.4 is 0 Å². The number of carbonyl (C=O) groups excluding carboxylic acids is 2. The molecule has 1 atom stereocenters. The van der Waals surface area contributed by atoms with E-state index in [2.05, 4.69) is 13.8 Å². The predicted octanol–water partition coefficient (Wildman–Crippen LogP) is 2.62. The summed E-state index contributed by atoms with van der Waals surface area (Å²) in [6, 6.07) is 0. The number of hydrogen-bond acceptors (Lipinski definition) is 4. The third-order valence-corrected chi connectivity index (χ3v) is 5.71.